The highest BCUT2D eigenvalue weighted by Gasteiger charge is 2.27. The van der Waals surface area contributed by atoms with Crippen LogP contribution in [0, 0.1) is 0 Å². The van der Waals surface area contributed by atoms with Crippen molar-refractivity contribution in [3.8, 4) is 0 Å². The molecule has 0 unspecified atom stereocenters. The molecule has 2 aromatic rings. The van der Waals surface area contributed by atoms with Crippen LogP contribution in [0.5, 0.6) is 0 Å². The molecular formula is C11H8N2OS3. The summed E-state index contributed by atoms with van der Waals surface area (Å²) < 4.78 is 1.81. The molecule has 6 heteroatoms. The van der Waals surface area contributed by atoms with E-state index in [0.717, 1.165) is 15.2 Å². The fourth-order valence-electron chi connectivity index (χ4n) is 1.66. The Kier molecular flexibility index (Phi) is 2.85. The fourth-order valence-corrected chi connectivity index (χ4v) is 3.68. The lowest BCUT2D eigenvalue weighted by Crippen LogP contribution is -2.27. The molecule has 3 rings (SSSR count). The van der Waals surface area contributed by atoms with Crippen molar-refractivity contribution in [2.75, 3.05) is 5.75 Å². The third-order valence-corrected chi connectivity index (χ3v) is 4.93. The summed E-state index contributed by atoms with van der Waals surface area (Å²) in [5, 5.41) is 0.935. The van der Waals surface area contributed by atoms with Gasteiger partial charge in [-0.05, 0) is 12.1 Å². The lowest BCUT2D eigenvalue weighted by molar-refractivity contribution is -0.124. The number of thiazole rings is 1. The number of carbonyl (C=O) groups excluding carboxylic acids is 1. The van der Waals surface area contributed by atoms with E-state index in [1.165, 1.54) is 11.8 Å². The molecule has 1 saturated heterocycles. The maximum atomic E-state index is 11.6. The number of rotatable bonds is 2. The first-order valence-electron chi connectivity index (χ1n) is 5.05. The van der Waals surface area contributed by atoms with Crippen molar-refractivity contribution in [1.82, 2.24) is 9.88 Å². The largest absolute Gasteiger partial charge is 0.290 e. The van der Waals surface area contributed by atoms with Gasteiger partial charge in [0.25, 0.3) is 0 Å². The molecule has 0 radical (unpaired) electrons. The highest BCUT2D eigenvalue weighted by atomic mass is 32.2. The second-order valence-electron chi connectivity index (χ2n) is 3.61. The van der Waals surface area contributed by atoms with Crippen LogP contribution in [0.3, 0.4) is 0 Å². The van der Waals surface area contributed by atoms with Gasteiger partial charge < -0.3 is 0 Å². The van der Waals surface area contributed by atoms with Gasteiger partial charge in [-0.25, -0.2) is 4.98 Å². The van der Waals surface area contributed by atoms with Gasteiger partial charge >= 0.3 is 0 Å². The van der Waals surface area contributed by atoms with E-state index in [-0.39, 0.29) is 5.91 Å². The second-order valence-corrected chi connectivity index (χ2v) is 6.33. The SMILES string of the molecule is O=C1CSC(=S)N1Cc1nc2ccccc2s1. The minimum atomic E-state index is 0.0826. The predicted octanol–water partition coefficient (Wildman–Crippen LogP) is 2.66. The van der Waals surface area contributed by atoms with Gasteiger partial charge in [0.2, 0.25) is 5.91 Å². The minimum Gasteiger partial charge on any atom is -0.290 e. The van der Waals surface area contributed by atoms with E-state index in [0.29, 0.717) is 16.6 Å². The number of fused-ring (bicyclic) bond motifs is 1. The van der Waals surface area contributed by atoms with Gasteiger partial charge in [-0.2, -0.15) is 0 Å². The third kappa shape index (κ3) is 2.08. The quantitative estimate of drug-likeness (QED) is 0.792. The van der Waals surface area contributed by atoms with Crippen LogP contribution in [0.25, 0.3) is 10.2 Å². The number of benzene rings is 1. The standard InChI is InChI=1S/C11H8N2OS3/c14-10-6-16-11(15)13(10)5-9-12-7-3-1-2-4-8(7)17-9/h1-4H,5-6H2. The minimum absolute atomic E-state index is 0.0826. The first-order chi connectivity index (χ1) is 8.24. The number of nitrogens with zero attached hydrogens (tertiary/aromatic N) is 2. The molecule has 0 bridgehead atoms. The van der Waals surface area contributed by atoms with Crippen molar-refractivity contribution in [1.29, 1.82) is 0 Å². The summed E-state index contributed by atoms with van der Waals surface area (Å²) in [6.07, 6.45) is 0. The third-order valence-electron chi connectivity index (χ3n) is 2.47. The summed E-state index contributed by atoms with van der Waals surface area (Å²) in [4.78, 5) is 17.7. The van der Waals surface area contributed by atoms with E-state index >= 15 is 0 Å². The topological polar surface area (TPSA) is 33.2 Å². The van der Waals surface area contributed by atoms with E-state index in [1.807, 2.05) is 24.3 Å². The first kappa shape index (κ1) is 11.1. The van der Waals surface area contributed by atoms with Crippen molar-refractivity contribution in [2.24, 2.45) is 0 Å². The zero-order chi connectivity index (χ0) is 11.8. The number of aromatic nitrogens is 1. The molecule has 0 saturated carbocycles. The maximum absolute atomic E-state index is 11.6. The van der Waals surface area contributed by atoms with Gasteiger partial charge in [-0.15, -0.1) is 11.3 Å². The Bertz CT molecular complexity index is 559. The average Bonchev–Trinajstić information content (AvgIpc) is 2.87. The molecule has 0 atom stereocenters. The zero-order valence-electron chi connectivity index (χ0n) is 8.75. The van der Waals surface area contributed by atoms with Crippen molar-refractivity contribution in [3.63, 3.8) is 0 Å². The molecule has 1 aliphatic heterocycles. The summed E-state index contributed by atoms with van der Waals surface area (Å²) in [5.41, 5.74) is 0.984. The number of thiocarbonyl (C=S) groups is 1. The summed E-state index contributed by atoms with van der Waals surface area (Å²) in [6.45, 7) is 0.504. The molecule has 2 heterocycles. The van der Waals surface area contributed by atoms with Gasteiger partial charge in [0, 0.05) is 0 Å². The number of amides is 1. The predicted molar refractivity (Wildman–Crippen MR) is 75.2 cm³/mol. The Morgan fingerprint density at radius 2 is 2.24 bits per heavy atom. The Balaban J connectivity index is 1.89. The Morgan fingerprint density at radius 1 is 1.41 bits per heavy atom. The first-order valence-corrected chi connectivity index (χ1v) is 7.26. The Morgan fingerprint density at radius 3 is 2.94 bits per heavy atom. The summed E-state index contributed by atoms with van der Waals surface area (Å²) in [6, 6.07) is 7.97. The van der Waals surface area contributed by atoms with Crippen LogP contribution in [0.1, 0.15) is 5.01 Å². The molecule has 86 valence electrons. The van der Waals surface area contributed by atoms with E-state index in [4.69, 9.17) is 12.2 Å². The molecule has 1 fully saturated rings. The van der Waals surface area contributed by atoms with Crippen molar-refractivity contribution >= 4 is 55.8 Å². The second kappa shape index (κ2) is 4.36. The lowest BCUT2D eigenvalue weighted by atomic mass is 10.3. The van der Waals surface area contributed by atoms with Crippen LogP contribution in [0.2, 0.25) is 0 Å². The molecule has 0 spiro atoms. The molecule has 1 aliphatic rings. The van der Waals surface area contributed by atoms with Gasteiger partial charge in [0.05, 0.1) is 22.5 Å². The zero-order valence-corrected chi connectivity index (χ0v) is 11.2. The van der Waals surface area contributed by atoms with Crippen LogP contribution in [-0.4, -0.2) is 25.9 Å². The van der Waals surface area contributed by atoms with Crippen LogP contribution >= 0.6 is 35.3 Å². The molecule has 1 aromatic carbocycles. The normalized spacial score (nSPS) is 16.1. The van der Waals surface area contributed by atoms with Crippen LogP contribution in [0.4, 0.5) is 0 Å². The summed E-state index contributed by atoms with van der Waals surface area (Å²) in [7, 11) is 0. The van der Waals surface area contributed by atoms with Gasteiger partial charge in [-0.3, -0.25) is 9.69 Å². The van der Waals surface area contributed by atoms with Gasteiger partial charge in [0.15, 0.2) is 0 Å². The lowest BCUT2D eigenvalue weighted by Gasteiger charge is -2.11. The molecule has 0 N–H and O–H groups in total. The van der Waals surface area contributed by atoms with E-state index in [9.17, 15) is 4.79 Å². The Hall–Kier alpha value is -0.980. The fraction of sp³-hybridized carbons (Fsp3) is 0.182. The molecule has 1 aromatic heterocycles. The van der Waals surface area contributed by atoms with Gasteiger partial charge in [-0.1, -0.05) is 36.1 Å². The van der Waals surface area contributed by atoms with E-state index in [2.05, 4.69) is 4.98 Å². The van der Waals surface area contributed by atoms with Crippen molar-refractivity contribution in [3.05, 3.63) is 29.3 Å². The molecule has 1 amide bonds. The monoisotopic (exact) mass is 280 g/mol. The number of hydrogen-bond donors (Lipinski definition) is 0. The number of thioether (sulfide) groups is 1. The molecule has 17 heavy (non-hydrogen) atoms. The average molecular weight is 280 g/mol. The number of para-hydroxylation sites is 1. The highest BCUT2D eigenvalue weighted by Crippen LogP contribution is 2.26. The van der Waals surface area contributed by atoms with E-state index < -0.39 is 0 Å². The van der Waals surface area contributed by atoms with E-state index in [1.54, 1.807) is 16.2 Å². The van der Waals surface area contributed by atoms with Crippen LogP contribution in [-0.2, 0) is 11.3 Å². The smallest absolute Gasteiger partial charge is 0.238 e. The molecular weight excluding hydrogens is 272 g/mol. The summed E-state index contributed by atoms with van der Waals surface area (Å²) >= 11 is 8.18. The summed E-state index contributed by atoms with van der Waals surface area (Å²) in [5.74, 6) is 0.545. The van der Waals surface area contributed by atoms with Crippen LogP contribution < -0.4 is 0 Å². The molecule has 0 aliphatic carbocycles. The molecule has 3 nitrogen and oxygen atoms in total. The van der Waals surface area contributed by atoms with Crippen molar-refractivity contribution in [2.45, 2.75) is 6.54 Å². The Labute approximate surface area is 112 Å². The number of carbonyl (C=O) groups is 1. The van der Waals surface area contributed by atoms with Gasteiger partial charge in [0.1, 0.15) is 9.33 Å². The highest BCUT2D eigenvalue weighted by molar-refractivity contribution is 8.23. The maximum Gasteiger partial charge on any atom is 0.238 e. The van der Waals surface area contributed by atoms with Crippen molar-refractivity contribution < 1.29 is 4.79 Å². The van der Waals surface area contributed by atoms with Crippen LogP contribution in [0.15, 0.2) is 24.3 Å². The number of hydrogen-bond acceptors (Lipinski definition) is 5.